The van der Waals surface area contributed by atoms with Crippen molar-refractivity contribution in [2.75, 3.05) is 31.5 Å². The van der Waals surface area contributed by atoms with E-state index in [1.807, 2.05) is 38.1 Å². The van der Waals surface area contributed by atoms with Crippen LogP contribution in [0.15, 0.2) is 53.4 Å². The van der Waals surface area contributed by atoms with E-state index >= 15 is 0 Å². The second-order valence-corrected chi connectivity index (χ2v) is 8.79. The van der Waals surface area contributed by atoms with Crippen LogP contribution >= 0.6 is 0 Å². The van der Waals surface area contributed by atoms with Crippen LogP contribution in [0.5, 0.6) is 0 Å². The third-order valence-corrected chi connectivity index (χ3v) is 6.62. The Bertz CT molecular complexity index is 893. The highest BCUT2D eigenvalue weighted by Crippen LogP contribution is 2.19. The van der Waals surface area contributed by atoms with Gasteiger partial charge in [0.2, 0.25) is 10.0 Å². The predicted octanol–water partition coefficient (Wildman–Crippen LogP) is 3.23. The smallest absolute Gasteiger partial charge is 0.321 e. The van der Waals surface area contributed by atoms with Gasteiger partial charge in [0.1, 0.15) is 0 Å². The Kier molecular flexibility index (Phi) is 5.82. The van der Waals surface area contributed by atoms with Crippen LogP contribution in [-0.2, 0) is 10.0 Å². The van der Waals surface area contributed by atoms with E-state index in [0.717, 1.165) is 16.8 Å². The molecule has 1 heterocycles. The fraction of sp³-hybridized carbons (Fsp3) is 0.350. The number of nitrogens with zero attached hydrogens (tertiary/aromatic N) is 2. The molecule has 0 aliphatic carbocycles. The normalized spacial score (nSPS) is 16.0. The number of hydrogen-bond acceptors (Lipinski definition) is 3. The van der Waals surface area contributed by atoms with Crippen LogP contribution in [0.3, 0.4) is 0 Å². The van der Waals surface area contributed by atoms with Gasteiger partial charge in [-0.05, 0) is 44.5 Å². The number of nitrogens with one attached hydrogen (secondary N) is 1. The Morgan fingerprint density at radius 1 is 0.852 bits per heavy atom. The summed E-state index contributed by atoms with van der Waals surface area (Å²) in [6, 6.07) is 14.3. The highest BCUT2D eigenvalue weighted by atomic mass is 32.2. The van der Waals surface area contributed by atoms with Crippen LogP contribution < -0.4 is 5.32 Å². The minimum atomic E-state index is -3.54. The van der Waals surface area contributed by atoms with E-state index in [1.165, 1.54) is 4.31 Å². The number of aryl methyl sites for hydroxylation is 2. The number of carbonyl (C=O) groups is 1. The second-order valence-electron chi connectivity index (χ2n) is 6.85. The zero-order valence-corrected chi connectivity index (χ0v) is 16.5. The lowest BCUT2D eigenvalue weighted by molar-refractivity contribution is 0.214. The van der Waals surface area contributed by atoms with E-state index in [4.69, 9.17) is 0 Å². The van der Waals surface area contributed by atoms with Crippen LogP contribution in [0.25, 0.3) is 0 Å². The topological polar surface area (TPSA) is 69.7 Å². The number of rotatable bonds is 3. The van der Waals surface area contributed by atoms with Crippen molar-refractivity contribution in [3.8, 4) is 0 Å². The highest BCUT2D eigenvalue weighted by molar-refractivity contribution is 7.89. The van der Waals surface area contributed by atoms with Gasteiger partial charge in [0.25, 0.3) is 0 Å². The fourth-order valence-electron chi connectivity index (χ4n) is 3.04. The maximum atomic E-state index is 12.9. The number of urea groups is 1. The Hall–Kier alpha value is -2.38. The molecule has 2 amide bonds. The lowest BCUT2D eigenvalue weighted by Crippen LogP contribution is -2.39. The molecule has 1 N–H and O–H groups in total. The van der Waals surface area contributed by atoms with E-state index < -0.39 is 10.0 Å². The van der Waals surface area contributed by atoms with Crippen LogP contribution in [0.1, 0.15) is 17.5 Å². The number of sulfonamides is 1. The van der Waals surface area contributed by atoms with Gasteiger partial charge in [0, 0.05) is 31.9 Å². The minimum absolute atomic E-state index is 0.201. The van der Waals surface area contributed by atoms with Crippen molar-refractivity contribution >= 4 is 21.7 Å². The molecule has 1 saturated heterocycles. The van der Waals surface area contributed by atoms with Crippen molar-refractivity contribution < 1.29 is 13.2 Å². The Morgan fingerprint density at radius 3 is 2.07 bits per heavy atom. The average Bonchev–Trinajstić information content (AvgIpc) is 2.91. The second kappa shape index (κ2) is 8.10. The number of hydrogen-bond donors (Lipinski definition) is 1. The molecule has 1 fully saturated rings. The molecule has 3 rings (SSSR count). The molecule has 0 radical (unpaired) electrons. The van der Waals surface area contributed by atoms with Crippen molar-refractivity contribution in [1.29, 1.82) is 0 Å². The van der Waals surface area contributed by atoms with Crippen molar-refractivity contribution in [3.05, 3.63) is 59.7 Å². The third-order valence-electron chi connectivity index (χ3n) is 4.70. The summed E-state index contributed by atoms with van der Waals surface area (Å²) < 4.78 is 27.2. The number of amides is 2. The van der Waals surface area contributed by atoms with Crippen LogP contribution in [0, 0.1) is 13.8 Å². The molecule has 2 aromatic carbocycles. The summed E-state index contributed by atoms with van der Waals surface area (Å²) >= 11 is 0. The van der Waals surface area contributed by atoms with Gasteiger partial charge >= 0.3 is 6.03 Å². The summed E-state index contributed by atoms with van der Waals surface area (Å²) in [5.74, 6) is 0. The van der Waals surface area contributed by atoms with Crippen LogP contribution in [0.4, 0.5) is 10.5 Å². The molecule has 0 atom stereocenters. The van der Waals surface area contributed by atoms with E-state index in [0.29, 0.717) is 31.0 Å². The molecule has 2 aromatic rings. The molecule has 0 unspecified atom stereocenters. The zero-order valence-electron chi connectivity index (χ0n) is 15.7. The first-order valence-corrected chi connectivity index (χ1v) is 10.5. The van der Waals surface area contributed by atoms with E-state index in [1.54, 1.807) is 29.2 Å². The van der Waals surface area contributed by atoms with Gasteiger partial charge in [-0.15, -0.1) is 0 Å². The molecule has 1 aliphatic heterocycles. The predicted molar refractivity (Wildman–Crippen MR) is 106 cm³/mol. The monoisotopic (exact) mass is 387 g/mol. The summed E-state index contributed by atoms with van der Waals surface area (Å²) in [6.07, 6.45) is 0.604. The van der Waals surface area contributed by atoms with Crippen molar-refractivity contribution in [2.45, 2.75) is 25.2 Å². The summed E-state index contributed by atoms with van der Waals surface area (Å²) in [7, 11) is -3.54. The molecule has 0 saturated carbocycles. The fourth-order valence-corrected chi connectivity index (χ4v) is 4.51. The molecule has 0 aromatic heterocycles. The molecule has 7 heteroatoms. The largest absolute Gasteiger partial charge is 0.323 e. The molecule has 6 nitrogen and oxygen atoms in total. The van der Waals surface area contributed by atoms with Gasteiger partial charge in [-0.1, -0.05) is 35.4 Å². The molecular weight excluding hydrogens is 362 g/mol. The first-order chi connectivity index (χ1) is 12.9. The number of anilines is 1. The van der Waals surface area contributed by atoms with Crippen LogP contribution in [0.2, 0.25) is 0 Å². The Labute approximate surface area is 160 Å². The van der Waals surface area contributed by atoms with Crippen LogP contribution in [-0.4, -0.2) is 49.8 Å². The van der Waals surface area contributed by atoms with Gasteiger partial charge < -0.3 is 10.2 Å². The van der Waals surface area contributed by atoms with Gasteiger partial charge in [0.05, 0.1) is 4.90 Å². The molecule has 27 heavy (non-hydrogen) atoms. The van der Waals surface area contributed by atoms with Crippen molar-refractivity contribution in [3.63, 3.8) is 0 Å². The molecule has 0 bridgehead atoms. The van der Waals surface area contributed by atoms with Gasteiger partial charge in [-0.25, -0.2) is 13.2 Å². The maximum absolute atomic E-state index is 12.9. The Morgan fingerprint density at radius 2 is 1.44 bits per heavy atom. The lowest BCUT2D eigenvalue weighted by Gasteiger charge is -2.22. The van der Waals surface area contributed by atoms with Gasteiger partial charge in [0.15, 0.2) is 0 Å². The van der Waals surface area contributed by atoms with E-state index in [9.17, 15) is 13.2 Å². The zero-order chi connectivity index (χ0) is 19.4. The molecule has 144 valence electrons. The number of carbonyl (C=O) groups excluding carboxylic acids is 1. The third kappa shape index (κ3) is 4.67. The summed E-state index contributed by atoms with van der Waals surface area (Å²) in [6.45, 7) is 5.50. The lowest BCUT2D eigenvalue weighted by atomic mass is 10.2. The van der Waals surface area contributed by atoms with E-state index in [-0.39, 0.29) is 12.6 Å². The number of benzene rings is 2. The standard InChI is InChI=1S/C20H25N3O3S/c1-16-4-8-18(9-5-16)21-20(24)22-12-3-13-23(15-14-22)27(25,26)19-10-6-17(2)7-11-19/h4-11H,3,12-15H2,1-2H3,(H,21,24). The van der Waals surface area contributed by atoms with E-state index in [2.05, 4.69) is 5.32 Å². The summed E-state index contributed by atoms with van der Waals surface area (Å²) in [5, 5.41) is 2.88. The summed E-state index contributed by atoms with van der Waals surface area (Å²) in [4.78, 5) is 14.5. The Balaban J connectivity index is 1.65. The quantitative estimate of drug-likeness (QED) is 0.879. The van der Waals surface area contributed by atoms with Crippen molar-refractivity contribution in [1.82, 2.24) is 9.21 Å². The molecular formula is C20H25N3O3S. The minimum Gasteiger partial charge on any atom is -0.323 e. The first-order valence-electron chi connectivity index (χ1n) is 9.06. The molecule has 1 aliphatic rings. The van der Waals surface area contributed by atoms with Crippen molar-refractivity contribution in [2.24, 2.45) is 0 Å². The first kappa shape index (κ1) is 19.4. The van der Waals surface area contributed by atoms with Gasteiger partial charge in [-0.2, -0.15) is 4.31 Å². The highest BCUT2D eigenvalue weighted by Gasteiger charge is 2.28. The average molecular weight is 388 g/mol. The molecule has 0 spiro atoms. The SMILES string of the molecule is Cc1ccc(NC(=O)N2CCCN(S(=O)(=O)c3ccc(C)cc3)CC2)cc1. The summed E-state index contributed by atoms with van der Waals surface area (Å²) in [5.41, 5.74) is 2.88. The maximum Gasteiger partial charge on any atom is 0.321 e. The van der Waals surface area contributed by atoms with Gasteiger partial charge in [-0.3, -0.25) is 0 Å².